The summed E-state index contributed by atoms with van der Waals surface area (Å²) in [4.78, 5) is 0. The van der Waals surface area contributed by atoms with Crippen molar-refractivity contribution in [1.29, 1.82) is 0 Å². The second-order valence-electron chi connectivity index (χ2n) is 4.80. The standard InChI is InChI=1S/C14H20/c1-11(2)13-9-5-3-7-12-8-4-6-10-14(12)13/h4,6,8,10-11,13H,3,5,7,9H2,1-2H3/t13-/m0/s1. The molecule has 1 aliphatic carbocycles. The molecular weight excluding hydrogens is 168 g/mol. The van der Waals surface area contributed by atoms with E-state index in [0.29, 0.717) is 0 Å². The number of hydrogen-bond donors (Lipinski definition) is 0. The van der Waals surface area contributed by atoms with E-state index in [9.17, 15) is 0 Å². The quantitative estimate of drug-likeness (QED) is 0.581. The molecule has 0 radical (unpaired) electrons. The molecule has 2 rings (SSSR count). The van der Waals surface area contributed by atoms with Crippen molar-refractivity contribution in [3.63, 3.8) is 0 Å². The van der Waals surface area contributed by atoms with Crippen LogP contribution >= 0.6 is 0 Å². The van der Waals surface area contributed by atoms with Gasteiger partial charge in [-0.2, -0.15) is 0 Å². The number of aryl methyl sites for hydroxylation is 1. The average molecular weight is 188 g/mol. The summed E-state index contributed by atoms with van der Waals surface area (Å²) in [7, 11) is 0. The maximum Gasteiger partial charge on any atom is -0.0136 e. The van der Waals surface area contributed by atoms with Crippen LogP contribution in [0.15, 0.2) is 24.3 Å². The molecule has 1 aromatic rings. The highest BCUT2D eigenvalue weighted by molar-refractivity contribution is 5.31. The highest BCUT2D eigenvalue weighted by atomic mass is 14.2. The van der Waals surface area contributed by atoms with Gasteiger partial charge in [0, 0.05) is 0 Å². The smallest absolute Gasteiger partial charge is 0.0136 e. The third kappa shape index (κ3) is 1.84. The summed E-state index contributed by atoms with van der Waals surface area (Å²) < 4.78 is 0. The Morgan fingerprint density at radius 2 is 1.93 bits per heavy atom. The van der Waals surface area contributed by atoms with Crippen LogP contribution in [0.2, 0.25) is 0 Å². The molecule has 76 valence electrons. The van der Waals surface area contributed by atoms with Crippen LogP contribution in [0, 0.1) is 5.92 Å². The van der Waals surface area contributed by atoms with Crippen molar-refractivity contribution < 1.29 is 0 Å². The second kappa shape index (κ2) is 4.16. The molecule has 1 atom stereocenters. The Kier molecular flexibility index (Phi) is 2.90. The van der Waals surface area contributed by atoms with Gasteiger partial charge in [-0.3, -0.25) is 0 Å². The zero-order valence-corrected chi connectivity index (χ0v) is 9.29. The summed E-state index contributed by atoms with van der Waals surface area (Å²) >= 11 is 0. The lowest BCUT2D eigenvalue weighted by Crippen LogP contribution is -2.07. The van der Waals surface area contributed by atoms with E-state index < -0.39 is 0 Å². The molecule has 14 heavy (non-hydrogen) atoms. The third-order valence-electron chi connectivity index (χ3n) is 3.47. The molecule has 1 aromatic carbocycles. The SMILES string of the molecule is CC(C)[C@@H]1CCCCc2ccccc21. The van der Waals surface area contributed by atoms with Gasteiger partial charge in [0.25, 0.3) is 0 Å². The largest absolute Gasteiger partial charge is 0.0622 e. The van der Waals surface area contributed by atoms with Crippen molar-refractivity contribution >= 4 is 0 Å². The lowest BCUT2D eigenvalue weighted by Gasteiger charge is -2.21. The highest BCUT2D eigenvalue weighted by Gasteiger charge is 2.20. The predicted molar refractivity (Wildman–Crippen MR) is 61.6 cm³/mol. The molecule has 0 aliphatic heterocycles. The summed E-state index contributed by atoms with van der Waals surface area (Å²) in [5.74, 6) is 1.59. The first-order valence-corrected chi connectivity index (χ1v) is 5.87. The molecule has 0 fully saturated rings. The van der Waals surface area contributed by atoms with Crippen molar-refractivity contribution in [2.75, 3.05) is 0 Å². The highest BCUT2D eigenvalue weighted by Crippen LogP contribution is 2.35. The van der Waals surface area contributed by atoms with Gasteiger partial charge in [0.2, 0.25) is 0 Å². The van der Waals surface area contributed by atoms with Gasteiger partial charge in [-0.15, -0.1) is 0 Å². The number of fused-ring (bicyclic) bond motifs is 1. The van der Waals surface area contributed by atoms with Crippen LogP contribution < -0.4 is 0 Å². The molecule has 0 aromatic heterocycles. The molecule has 0 bridgehead atoms. The maximum atomic E-state index is 2.35. The van der Waals surface area contributed by atoms with Crippen LogP contribution in [-0.2, 0) is 6.42 Å². The van der Waals surface area contributed by atoms with Crippen LogP contribution in [0.25, 0.3) is 0 Å². The van der Waals surface area contributed by atoms with E-state index in [1.54, 1.807) is 11.1 Å². The topological polar surface area (TPSA) is 0 Å². The monoisotopic (exact) mass is 188 g/mol. The maximum absolute atomic E-state index is 2.35. The van der Waals surface area contributed by atoms with E-state index in [4.69, 9.17) is 0 Å². The van der Waals surface area contributed by atoms with Crippen molar-refractivity contribution in [3.8, 4) is 0 Å². The minimum absolute atomic E-state index is 0.786. The van der Waals surface area contributed by atoms with Gasteiger partial charge in [-0.1, -0.05) is 44.5 Å². The molecule has 0 nitrogen and oxygen atoms in total. The first kappa shape index (κ1) is 9.76. The van der Waals surface area contributed by atoms with Gasteiger partial charge in [-0.05, 0) is 42.2 Å². The van der Waals surface area contributed by atoms with Crippen LogP contribution in [0.4, 0.5) is 0 Å². The van der Waals surface area contributed by atoms with E-state index in [1.807, 2.05) is 0 Å². The Morgan fingerprint density at radius 3 is 2.71 bits per heavy atom. The van der Waals surface area contributed by atoms with Gasteiger partial charge in [-0.25, -0.2) is 0 Å². The zero-order valence-electron chi connectivity index (χ0n) is 9.29. The van der Waals surface area contributed by atoms with Gasteiger partial charge >= 0.3 is 0 Å². The van der Waals surface area contributed by atoms with E-state index in [0.717, 1.165) is 11.8 Å². The number of hydrogen-bond acceptors (Lipinski definition) is 0. The fraction of sp³-hybridized carbons (Fsp3) is 0.571. The summed E-state index contributed by atoms with van der Waals surface area (Å²) in [6.45, 7) is 4.71. The minimum Gasteiger partial charge on any atom is -0.0622 e. The van der Waals surface area contributed by atoms with E-state index in [1.165, 1.54) is 25.7 Å². The zero-order chi connectivity index (χ0) is 9.97. The molecule has 1 aliphatic rings. The van der Waals surface area contributed by atoms with Gasteiger partial charge in [0.1, 0.15) is 0 Å². The molecule has 0 saturated carbocycles. The third-order valence-corrected chi connectivity index (χ3v) is 3.47. The lowest BCUT2D eigenvalue weighted by molar-refractivity contribution is 0.460. The summed E-state index contributed by atoms with van der Waals surface area (Å²) in [6.07, 6.45) is 5.45. The lowest BCUT2D eigenvalue weighted by atomic mass is 9.84. The van der Waals surface area contributed by atoms with Gasteiger partial charge in [0.05, 0.1) is 0 Å². The normalized spacial score (nSPS) is 21.8. The molecule has 0 spiro atoms. The fourth-order valence-electron chi connectivity index (χ4n) is 2.65. The second-order valence-corrected chi connectivity index (χ2v) is 4.80. The number of rotatable bonds is 1. The minimum atomic E-state index is 0.786. The van der Waals surface area contributed by atoms with Crippen molar-refractivity contribution in [3.05, 3.63) is 35.4 Å². The van der Waals surface area contributed by atoms with Crippen LogP contribution in [0.5, 0.6) is 0 Å². The average Bonchev–Trinajstić information content (AvgIpc) is 2.39. The van der Waals surface area contributed by atoms with Crippen LogP contribution in [0.3, 0.4) is 0 Å². The predicted octanol–water partition coefficient (Wildman–Crippen LogP) is 4.15. The fourth-order valence-corrected chi connectivity index (χ4v) is 2.65. The number of benzene rings is 1. The Labute approximate surface area is 87.3 Å². The Balaban J connectivity index is 2.37. The summed E-state index contributed by atoms with van der Waals surface area (Å²) in [6, 6.07) is 9.03. The molecular formula is C14H20. The first-order chi connectivity index (χ1) is 6.79. The Hall–Kier alpha value is -0.780. The van der Waals surface area contributed by atoms with Crippen LogP contribution in [-0.4, -0.2) is 0 Å². The van der Waals surface area contributed by atoms with Crippen LogP contribution in [0.1, 0.15) is 50.2 Å². The molecule has 0 heterocycles. The van der Waals surface area contributed by atoms with Crippen molar-refractivity contribution in [2.45, 2.75) is 45.4 Å². The summed E-state index contributed by atoms with van der Waals surface area (Å²) in [5.41, 5.74) is 3.23. The molecule has 0 N–H and O–H groups in total. The molecule has 0 amide bonds. The molecule has 0 heteroatoms. The van der Waals surface area contributed by atoms with Gasteiger partial charge in [0.15, 0.2) is 0 Å². The van der Waals surface area contributed by atoms with Crippen molar-refractivity contribution in [2.24, 2.45) is 5.92 Å². The summed E-state index contributed by atoms with van der Waals surface area (Å²) in [5, 5.41) is 0. The van der Waals surface area contributed by atoms with Crippen molar-refractivity contribution in [1.82, 2.24) is 0 Å². The molecule has 0 unspecified atom stereocenters. The van der Waals surface area contributed by atoms with E-state index >= 15 is 0 Å². The molecule has 0 saturated heterocycles. The Morgan fingerprint density at radius 1 is 1.14 bits per heavy atom. The van der Waals surface area contributed by atoms with Gasteiger partial charge < -0.3 is 0 Å². The van der Waals surface area contributed by atoms with E-state index in [-0.39, 0.29) is 0 Å². The Bertz CT molecular complexity index is 299. The first-order valence-electron chi connectivity index (χ1n) is 5.87. The van der Waals surface area contributed by atoms with E-state index in [2.05, 4.69) is 38.1 Å².